The molecule has 102 valence electrons. The third-order valence-corrected chi connectivity index (χ3v) is 2.80. The Kier molecular flexibility index (Phi) is 7.29. The van der Waals surface area contributed by atoms with Gasteiger partial charge < -0.3 is 15.0 Å². The molecule has 5 heteroatoms. The first-order chi connectivity index (χ1) is 8.80. The van der Waals surface area contributed by atoms with Crippen LogP contribution in [0.3, 0.4) is 0 Å². The highest BCUT2D eigenvalue weighted by molar-refractivity contribution is 5.11. The molecule has 0 fully saturated rings. The molecule has 0 saturated heterocycles. The zero-order chi connectivity index (χ0) is 13.2. The summed E-state index contributed by atoms with van der Waals surface area (Å²) in [4.78, 5) is 2.31. The fraction of sp³-hybridized carbons (Fsp3) is 0.692. The molecule has 0 bridgehead atoms. The first-order valence-electron chi connectivity index (χ1n) is 6.68. The predicted octanol–water partition coefficient (Wildman–Crippen LogP) is 1.31. The Morgan fingerprint density at radius 2 is 1.94 bits per heavy atom. The lowest BCUT2D eigenvalue weighted by Gasteiger charge is -2.17. The molecule has 5 nitrogen and oxygen atoms in total. The molecular formula is C13H24N4O. The van der Waals surface area contributed by atoms with Gasteiger partial charge >= 0.3 is 0 Å². The van der Waals surface area contributed by atoms with Crippen LogP contribution < -0.4 is 10.1 Å². The topological polar surface area (TPSA) is 50.3 Å². The number of nitrogens with zero attached hydrogens (tertiary/aromatic N) is 3. The van der Waals surface area contributed by atoms with Gasteiger partial charge in [-0.15, -0.1) is 5.10 Å². The number of rotatable bonds is 9. The van der Waals surface area contributed by atoms with Crippen molar-refractivity contribution in [1.29, 1.82) is 0 Å². The number of hydrogen-bond acceptors (Lipinski definition) is 5. The van der Waals surface area contributed by atoms with Gasteiger partial charge in [-0.05, 0) is 25.7 Å². The molecule has 0 amide bonds. The summed E-state index contributed by atoms with van der Waals surface area (Å²) < 4.78 is 5.56. The second kappa shape index (κ2) is 8.83. The summed E-state index contributed by atoms with van der Waals surface area (Å²) in [6.45, 7) is 11.7. The van der Waals surface area contributed by atoms with Crippen LogP contribution >= 0.6 is 0 Å². The maximum Gasteiger partial charge on any atom is 0.233 e. The maximum absolute atomic E-state index is 5.56. The minimum atomic E-state index is 0.599. The van der Waals surface area contributed by atoms with Crippen LogP contribution in [0.5, 0.6) is 5.88 Å². The van der Waals surface area contributed by atoms with Gasteiger partial charge in [0.25, 0.3) is 0 Å². The first-order valence-corrected chi connectivity index (χ1v) is 6.68. The SMILES string of the molecule is CCNCc1ccc(OCCN(CC)CC)nn1. The van der Waals surface area contributed by atoms with Crippen LogP contribution in [-0.4, -0.2) is 47.9 Å². The van der Waals surface area contributed by atoms with Crippen LogP contribution in [0.25, 0.3) is 0 Å². The van der Waals surface area contributed by atoms with Crippen LogP contribution in [-0.2, 0) is 6.54 Å². The minimum absolute atomic E-state index is 0.599. The molecule has 0 aromatic carbocycles. The summed E-state index contributed by atoms with van der Waals surface area (Å²) in [5, 5.41) is 11.4. The number of aromatic nitrogens is 2. The molecule has 0 radical (unpaired) electrons. The zero-order valence-electron chi connectivity index (χ0n) is 11.6. The summed E-state index contributed by atoms with van der Waals surface area (Å²) >= 11 is 0. The molecule has 0 saturated carbocycles. The van der Waals surface area contributed by atoms with Crippen molar-refractivity contribution in [1.82, 2.24) is 20.4 Å². The number of nitrogens with one attached hydrogen (secondary N) is 1. The molecule has 0 spiro atoms. The Labute approximate surface area is 110 Å². The Morgan fingerprint density at radius 3 is 2.50 bits per heavy atom. The summed E-state index contributed by atoms with van der Waals surface area (Å²) in [5.74, 6) is 0.599. The quantitative estimate of drug-likeness (QED) is 0.718. The number of hydrogen-bond donors (Lipinski definition) is 1. The molecule has 1 aromatic heterocycles. The highest BCUT2D eigenvalue weighted by atomic mass is 16.5. The van der Waals surface area contributed by atoms with Gasteiger partial charge in [0.1, 0.15) is 6.61 Å². The van der Waals surface area contributed by atoms with Crippen molar-refractivity contribution in [3.8, 4) is 5.88 Å². The van der Waals surface area contributed by atoms with Crippen molar-refractivity contribution >= 4 is 0 Å². The van der Waals surface area contributed by atoms with Crippen molar-refractivity contribution in [2.75, 3.05) is 32.8 Å². The third-order valence-electron chi connectivity index (χ3n) is 2.80. The van der Waals surface area contributed by atoms with Gasteiger partial charge in [0, 0.05) is 19.2 Å². The lowest BCUT2D eigenvalue weighted by molar-refractivity contribution is 0.216. The average Bonchev–Trinajstić information content (AvgIpc) is 2.42. The second-order valence-corrected chi connectivity index (χ2v) is 4.02. The van der Waals surface area contributed by atoms with Crippen LogP contribution in [0.15, 0.2) is 12.1 Å². The number of likely N-dealkylation sites (N-methyl/N-ethyl adjacent to an activating group) is 1. The zero-order valence-corrected chi connectivity index (χ0v) is 11.6. The van der Waals surface area contributed by atoms with Gasteiger partial charge in [0.05, 0.1) is 5.69 Å². The van der Waals surface area contributed by atoms with E-state index < -0.39 is 0 Å². The third kappa shape index (κ3) is 5.42. The fourth-order valence-electron chi connectivity index (χ4n) is 1.59. The molecular weight excluding hydrogens is 228 g/mol. The largest absolute Gasteiger partial charge is 0.475 e. The highest BCUT2D eigenvalue weighted by Gasteiger charge is 2.01. The summed E-state index contributed by atoms with van der Waals surface area (Å²) in [6.07, 6.45) is 0. The van der Waals surface area contributed by atoms with Crippen LogP contribution in [0, 0.1) is 0 Å². The van der Waals surface area contributed by atoms with Gasteiger partial charge in [-0.1, -0.05) is 20.8 Å². The minimum Gasteiger partial charge on any atom is -0.475 e. The predicted molar refractivity (Wildman–Crippen MR) is 72.7 cm³/mol. The molecule has 0 unspecified atom stereocenters. The monoisotopic (exact) mass is 252 g/mol. The van der Waals surface area contributed by atoms with Crippen molar-refractivity contribution in [3.63, 3.8) is 0 Å². The van der Waals surface area contributed by atoms with Crippen LogP contribution in [0.4, 0.5) is 0 Å². The fourth-order valence-corrected chi connectivity index (χ4v) is 1.59. The Hall–Kier alpha value is -1.20. The maximum atomic E-state index is 5.56. The lowest BCUT2D eigenvalue weighted by Crippen LogP contribution is -2.28. The van der Waals surface area contributed by atoms with Crippen molar-refractivity contribution < 1.29 is 4.74 Å². The first kappa shape index (κ1) is 14.9. The van der Waals surface area contributed by atoms with E-state index in [4.69, 9.17) is 4.74 Å². The van der Waals surface area contributed by atoms with E-state index in [1.165, 1.54) is 0 Å². The molecule has 1 aromatic rings. The van der Waals surface area contributed by atoms with Crippen molar-refractivity contribution in [2.45, 2.75) is 27.3 Å². The molecule has 18 heavy (non-hydrogen) atoms. The Balaban J connectivity index is 2.30. The Morgan fingerprint density at radius 1 is 1.17 bits per heavy atom. The van der Waals surface area contributed by atoms with E-state index in [9.17, 15) is 0 Å². The van der Waals surface area contributed by atoms with Crippen molar-refractivity contribution in [2.24, 2.45) is 0 Å². The normalized spacial score (nSPS) is 10.9. The average molecular weight is 252 g/mol. The van der Waals surface area contributed by atoms with Gasteiger partial charge in [-0.3, -0.25) is 0 Å². The Bertz CT molecular complexity index is 311. The van der Waals surface area contributed by atoms with E-state index in [1.807, 2.05) is 12.1 Å². The molecule has 1 rings (SSSR count). The molecule has 1 heterocycles. The molecule has 0 aliphatic rings. The van der Waals surface area contributed by atoms with Crippen LogP contribution in [0.1, 0.15) is 26.5 Å². The van der Waals surface area contributed by atoms with E-state index in [0.717, 1.165) is 38.4 Å². The number of ether oxygens (including phenoxy) is 1. The molecule has 1 N–H and O–H groups in total. The van der Waals surface area contributed by atoms with Gasteiger partial charge in [-0.25, -0.2) is 0 Å². The van der Waals surface area contributed by atoms with Crippen LogP contribution in [0.2, 0.25) is 0 Å². The highest BCUT2D eigenvalue weighted by Crippen LogP contribution is 2.04. The van der Waals surface area contributed by atoms with E-state index in [0.29, 0.717) is 12.5 Å². The molecule has 0 atom stereocenters. The van der Waals surface area contributed by atoms with E-state index >= 15 is 0 Å². The summed E-state index contributed by atoms with van der Waals surface area (Å²) in [5.41, 5.74) is 0.938. The van der Waals surface area contributed by atoms with Gasteiger partial charge in [0.15, 0.2) is 0 Å². The van der Waals surface area contributed by atoms with Gasteiger partial charge in [0.2, 0.25) is 5.88 Å². The van der Waals surface area contributed by atoms with Crippen molar-refractivity contribution in [3.05, 3.63) is 17.8 Å². The van der Waals surface area contributed by atoms with E-state index in [1.54, 1.807) is 0 Å². The summed E-state index contributed by atoms with van der Waals surface area (Å²) in [7, 11) is 0. The molecule has 0 aliphatic carbocycles. The smallest absolute Gasteiger partial charge is 0.233 e. The second-order valence-electron chi connectivity index (χ2n) is 4.02. The standard InChI is InChI=1S/C13H24N4O/c1-4-14-11-12-7-8-13(16-15-12)18-10-9-17(5-2)6-3/h7-8,14H,4-6,9-11H2,1-3H3. The van der Waals surface area contributed by atoms with Gasteiger partial charge in [-0.2, -0.15) is 5.10 Å². The van der Waals surface area contributed by atoms with E-state index in [-0.39, 0.29) is 0 Å². The van der Waals surface area contributed by atoms with E-state index in [2.05, 4.69) is 41.2 Å². The summed E-state index contributed by atoms with van der Waals surface area (Å²) in [6, 6.07) is 3.82. The lowest BCUT2D eigenvalue weighted by atomic mass is 10.4. The molecule has 0 aliphatic heterocycles.